The summed E-state index contributed by atoms with van der Waals surface area (Å²) >= 11 is 7.75. The van der Waals surface area contributed by atoms with Crippen LogP contribution in [0.2, 0.25) is 5.02 Å². The predicted octanol–water partition coefficient (Wildman–Crippen LogP) is 3.20. The van der Waals surface area contributed by atoms with Gasteiger partial charge in [-0.2, -0.15) is 11.8 Å². The second kappa shape index (κ2) is 5.65. The summed E-state index contributed by atoms with van der Waals surface area (Å²) in [5.74, 6) is 2.05. The molecule has 17 heavy (non-hydrogen) atoms. The lowest BCUT2D eigenvalue weighted by atomic mass is 10.1. The van der Waals surface area contributed by atoms with E-state index in [2.05, 4.69) is 5.32 Å². The lowest BCUT2D eigenvalue weighted by Gasteiger charge is -2.13. The van der Waals surface area contributed by atoms with Gasteiger partial charge in [-0.05, 0) is 42.0 Å². The molecule has 0 bridgehead atoms. The zero-order valence-electron chi connectivity index (χ0n) is 9.28. The molecule has 3 nitrogen and oxygen atoms in total. The van der Waals surface area contributed by atoms with E-state index in [1.807, 2.05) is 11.8 Å². The van der Waals surface area contributed by atoms with Crippen LogP contribution in [0, 0.1) is 5.92 Å². The van der Waals surface area contributed by atoms with E-state index >= 15 is 0 Å². The van der Waals surface area contributed by atoms with Gasteiger partial charge in [0.1, 0.15) is 0 Å². The van der Waals surface area contributed by atoms with Crippen molar-refractivity contribution in [3.8, 4) is 0 Å². The summed E-state index contributed by atoms with van der Waals surface area (Å²) in [5, 5.41) is 12.7. The van der Waals surface area contributed by atoms with Crippen LogP contribution in [0.1, 0.15) is 16.8 Å². The Bertz CT molecular complexity index is 419. The molecule has 0 saturated carbocycles. The van der Waals surface area contributed by atoms with Gasteiger partial charge in [0.25, 0.3) is 0 Å². The predicted molar refractivity (Wildman–Crippen MR) is 72.3 cm³/mol. The average Bonchev–Trinajstić information content (AvgIpc) is 2.80. The molecule has 0 aromatic heterocycles. The van der Waals surface area contributed by atoms with Crippen LogP contribution in [0.3, 0.4) is 0 Å². The van der Waals surface area contributed by atoms with Crippen LogP contribution in [0.4, 0.5) is 5.69 Å². The van der Waals surface area contributed by atoms with Gasteiger partial charge >= 0.3 is 5.97 Å². The number of halogens is 1. The van der Waals surface area contributed by atoms with Gasteiger partial charge in [0, 0.05) is 17.3 Å². The highest BCUT2D eigenvalue weighted by Gasteiger charge is 2.16. The second-order valence-electron chi connectivity index (χ2n) is 4.11. The summed E-state index contributed by atoms with van der Waals surface area (Å²) < 4.78 is 0. The number of hydrogen-bond acceptors (Lipinski definition) is 3. The summed E-state index contributed by atoms with van der Waals surface area (Å²) in [6.45, 7) is 0.828. The van der Waals surface area contributed by atoms with Gasteiger partial charge < -0.3 is 10.4 Å². The first-order valence-corrected chi connectivity index (χ1v) is 7.04. The first kappa shape index (κ1) is 12.6. The summed E-state index contributed by atoms with van der Waals surface area (Å²) in [7, 11) is 0. The molecule has 2 N–H and O–H groups in total. The second-order valence-corrected chi connectivity index (χ2v) is 5.69. The van der Waals surface area contributed by atoms with Gasteiger partial charge in [0.05, 0.1) is 5.56 Å². The molecule has 2 rings (SSSR count). The molecule has 1 heterocycles. The van der Waals surface area contributed by atoms with Crippen molar-refractivity contribution >= 4 is 35.0 Å². The molecule has 1 aliphatic rings. The van der Waals surface area contributed by atoms with E-state index in [0.717, 1.165) is 12.3 Å². The Morgan fingerprint density at radius 1 is 1.59 bits per heavy atom. The molecule has 0 aliphatic carbocycles. The Hall–Kier alpha value is -0.870. The van der Waals surface area contributed by atoms with E-state index in [0.29, 0.717) is 16.6 Å². The molecule has 1 atom stereocenters. The molecular weight excluding hydrogens is 258 g/mol. The fourth-order valence-electron chi connectivity index (χ4n) is 1.85. The van der Waals surface area contributed by atoms with Crippen LogP contribution in [0.5, 0.6) is 0 Å². The monoisotopic (exact) mass is 271 g/mol. The summed E-state index contributed by atoms with van der Waals surface area (Å²) in [5.41, 5.74) is 0.891. The van der Waals surface area contributed by atoms with Crippen molar-refractivity contribution in [1.29, 1.82) is 0 Å². The molecule has 1 unspecified atom stereocenters. The third kappa shape index (κ3) is 3.30. The minimum absolute atomic E-state index is 0.239. The first-order chi connectivity index (χ1) is 8.16. The zero-order valence-corrected chi connectivity index (χ0v) is 10.9. The Balaban J connectivity index is 2.06. The minimum Gasteiger partial charge on any atom is -0.478 e. The molecule has 1 fully saturated rings. The molecule has 1 aromatic carbocycles. The van der Waals surface area contributed by atoms with Crippen molar-refractivity contribution in [3.05, 3.63) is 28.8 Å². The van der Waals surface area contributed by atoms with Crippen molar-refractivity contribution in [2.45, 2.75) is 6.42 Å². The Labute approximate surface area is 110 Å². The van der Waals surface area contributed by atoms with Gasteiger partial charge in [-0.25, -0.2) is 4.79 Å². The van der Waals surface area contributed by atoms with Crippen LogP contribution in [-0.2, 0) is 0 Å². The quantitative estimate of drug-likeness (QED) is 0.883. The lowest BCUT2D eigenvalue weighted by molar-refractivity contribution is 0.0698. The van der Waals surface area contributed by atoms with Crippen molar-refractivity contribution < 1.29 is 9.90 Å². The van der Waals surface area contributed by atoms with E-state index in [4.69, 9.17) is 16.7 Å². The summed E-state index contributed by atoms with van der Waals surface area (Å²) in [6, 6.07) is 4.92. The summed E-state index contributed by atoms with van der Waals surface area (Å²) in [6.07, 6.45) is 1.20. The standard InChI is InChI=1S/C12H14ClNO2S/c13-9-1-2-11(10(5-9)12(15)16)14-6-8-3-4-17-7-8/h1-2,5,8,14H,3-4,6-7H2,(H,15,16). The van der Waals surface area contributed by atoms with E-state index < -0.39 is 5.97 Å². The van der Waals surface area contributed by atoms with E-state index in [1.165, 1.54) is 18.2 Å². The van der Waals surface area contributed by atoms with Crippen LogP contribution in [0.15, 0.2) is 18.2 Å². The molecule has 1 aromatic rings. The number of thioether (sulfide) groups is 1. The number of nitrogens with one attached hydrogen (secondary N) is 1. The minimum atomic E-state index is -0.948. The number of anilines is 1. The van der Waals surface area contributed by atoms with Crippen LogP contribution >= 0.6 is 23.4 Å². The molecule has 0 amide bonds. The molecule has 1 aliphatic heterocycles. The van der Waals surface area contributed by atoms with Gasteiger partial charge in [0.15, 0.2) is 0 Å². The number of carboxylic acid groups (broad SMARTS) is 1. The van der Waals surface area contributed by atoms with E-state index in [9.17, 15) is 4.79 Å². The SMILES string of the molecule is O=C(O)c1cc(Cl)ccc1NCC1CCSC1. The Morgan fingerprint density at radius 2 is 2.41 bits per heavy atom. The van der Waals surface area contributed by atoms with Crippen LogP contribution < -0.4 is 5.32 Å². The van der Waals surface area contributed by atoms with E-state index in [1.54, 1.807) is 12.1 Å². The largest absolute Gasteiger partial charge is 0.478 e. The number of hydrogen-bond donors (Lipinski definition) is 2. The number of carbonyl (C=O) groups is 1. The fraction of sp³-hybridized carbons (Fsp3) is 0.417. The van der Waals surface area contributed by atoms with Gasteiger partial charge in [-0.3, -0.25) is 0 Å². The van der Waals surface area contributed by atoms with Crippen molar-refractivity contribution in [2.75, 3.05) is 23.4 Å². The highest BCUT2D eigenvalue weighted by Crippen LogP contribution is 2.25. The smallest absolute Gasteiger partial charge is 0.337 e. The molecule has 5 heteroatoms. The third-order valence-electron chi connectivity index (χ3n) is 2.82. The molecule has 1 saturated heterocycles. The zero-order chi connectivity index (χ0) is 12.3. The van der Waals surface area contributed by atoms with Gasteiger partial charge in [0.2, 0.25) is 0 Å². The van der Waals surface area contributed by atoms with Gasteiger partial charge in [-0.1, -0.05) is 11.6 Å². The van der Waals surface area contributed by atoms with E-state index in [-0.39, 0.29) is 5.56 Å². The highest BCUT2D eigenvalue weighted by atomic mass is 35.5. The molecular formula is C12H14ClNO2S. The number of benzene rings is 1. The molecule has 92 valence electrons. The maximum Gasteiger partial charge on any atom is 0.337 e. The maximum absolute atomic E-state index is 11.1. The molecule has 0 radical (unpaired) electrons. The number of rotatable bonds is 4. The molecule has 0 spiro atoms. The topological polar surface area (TPSA) is 49.3 Å². The first-order valence-electron chi connectivity index (χ1n) is 5.51. The van der Waals surface area contributed by atoms with Crippen molar-refractivity contribution in [1.82, 2.24) is 0 Å². The third-order valence-corrected chi connectivity index (χ3v) is 4.28. The van der Waals surface area contributed by atoms with Crippen molar-refractivity contribution in [3.63, 3.8) is 0 Å². The highest BCUT2D eigenvalue weighted by molar-refractivity contribution is 7.99. The maximum atomic E-state index is 11.1. The Kier molecular flexibility index (Phi) is 4.18. The fourth-order valence-corrected chi connectivity index (χ4v) is 3.30. The van der Waals surface area contributed by atoms with Gasteiger partial charge in [-0.15, -0.1) is 0 Å². The number of aromatic carboxylic acids is 1. The Morgan fingerprint density at radius 3 is 3.06 bits per heavy atom. The van der Waals surface area contributed by atoms with Crippen LogP contribution in [-0.4, -0.2) is 29.1 Å². The normalized spacial score (nSPS) is 19.2. The lowest BCUT2D eigenvalue weighted by Crippen LogP contribution is -2.15. The number of carboxylic acids is 1. The van der Waals surface area contributed by atoms with Crippen molar-refractivity contribution in [2.24, 2.45) is 5.92 Å². The van der Waals surface area contributed by atoms with Crippen LogP contribution in [0.25, 0.3) is 0 Å². The summed E-state index contributed by atoms with van der Waals surface area (Å²) in [4.78, 5) is 11.1. The average molecular weight is 272 g/mol.